The van der Waals surface area contributed by atoms with Crippen molar-refractivity contribution in [1.82, 2.24) is 9.80 Å². The largest absolute Gasteiger partial charge is 0.507 e. The molecule has 0 bridgehead atoms. The third-order valence-electron chi connectivity index (χ3n) is 5.46. The van der Waals surface area contributed by atoms with Gasteiger partial charge in [0, 0.05) is 31.7 Å². The predicted molar refractivity (Wildman–Crippen MR) is 108 cm³/mol. The summed E-state index contributed by atoms with van der Waals surface area (Å²) in [5.74, 6) is -0.647. The molecule has 0 aliphatic carbocycles. The first-order valence-electron chi connectivity index (χ1n) is 9.86. The van der Waals surface area contributed by atoms with Gasteiger partial charge in [-0.3, -0.25) is 14.5 Å². The highest BCUT2D eigenvalue weighted by atomic mass is 16.5. The Balaban J connectivity index is 1.69. The van der Waals surface area contributed by atoms with Gasteiger partial charge in [0.25, 0.3) is 11.7 Å². The number of Topliss-reactive ketones (excluding diaryl/α,β-unsaturated/α-hetero) is 1. The second kappa shape index (κ2) is 8.73. The third kappa shape index (κ3) is 3.83. The fourth-order valence-electron chi connectivity index (χ4n) is 3.85. The Labute approximate surface area is 174 Å². The maximum Gasteiger partial charge on any atom is 0.295 e. The number of ether oxygens (including phenoxy) is 2. The fourth-order valence-corrected chi connectivity index (χ4v) is 3.85. The van der Waals surface area contributed by atoms with Gasteiger partial charge in [-0.25, -0.2) is 0 Å². The summed E-state index contributed by atoms with van der Waals surface area (Å²) in [6, 6.07) is 9.35. The topological polar surface area (TPSA) is 92.5 Å². The van der Waals surface area contributed by atoms with Gasteiger partial charge >= 0.3 is 0 Å². The molecular weight excluding hydrogens is 388 g/mol. The number of ketones is 1. The molecule has 1 amide bonds. The molecule has 1 N–H and O–H groups in total. The van der Waals surface area contributed by atoms with Gasteiger partial charge in [-0.05, 0) is 24.3 Å². The molecule has 4 rings (SSSR count). The number of methoxy groups -OCH3 is 1. The van der Waals surface area contributed by atoms with E-state index >= 15 is 0 Å². The normalized spacial score (nSPS) is 21.9. The highest BCUT2D eigenvalue weighted by Crippen LogP contribution is 2.39. The van der Waals surface area contributed by atoms with Gasteiger partial charge in [-0.1, -0.05) is 12.1 Å². The number of carbonyl (C=O) groups is 2. The van der Waals surface area contributed by atoms with Crippen molar-refractivity contribution in [2.24, 2.45) is 0 Å². The monoisotopic (exact) mass is 412 g/mol. The second-order valence-electron chi connectivity index (χ2n) is 7.19. The van der Waals surface area contributed by atoms with Crippen LogP contribution in [-0.4, -0.2) is 73.1 Å². The Morgan fingerprint density at radius 2 is 1.97 bits per heavy atom. The zero-order chi connectivity index (χ0) is 21.1. The van der Waals surface area contributed by atoms with Crippen LogP contribution in [0.5, 0.6) is 5.75 Å². The van der Waals surface area contributed by atoms with Crippen LogP contribution in [0.25, 0.3) is 5.76 Å². The molecule has 0 saturated carbocycles. The Morgan fingerprint density at radius 1 is 1.17 bits per heavy atom. The first-order valence-corrected chi connectivity index (χ1v) is 9.86. The van der Waals surface area contributed by atoms with Gasteiger partial charge in [0.15, 0.2) is 0 Å². The Bertz CT molecular complexity index is 946. The molecule has 0 radical (unpaired) electrons. The van der Waals surface area contributed by atoms with Gasteiger partial charge in [0.05, 0.1) is 32.2 Å². The minimum Gasteiger partial charge on any atom is -0.507 e. The summed E-state index contributed by atoms with van der Waals surface area (Å²) in [7, 11) is 1.52. The summed E-state index contributed by atoms with van der Waals surface area (Å²) < 4.78 is 16.1. The Morgan fingerprint density at radius 3 is 2.67 bits per heavy atom. The van der Waals surface area contributed by atoms with Crippen molar-refractivity contribution in [3.63, 3.8) is 0 Å². The lowest BCUT2D eigenvalue weighted by Gasteiger charge is -2.30. The summed E-state index contributed by atoms with van der Waals surface area (Å²) >= 11 is 0. The number of aliphatic hydroxyl groups is 1. The predicted octanol–water partition coefficient (Wildman–Crippen LogP) is 2.04. The molecule has 2 saturated heterocycles. The van der Waals surface area contributed by atoms with Crippen LogP contribution in [0.4, 0.5) is 0 Å². The number of hydrogen-bond donors (Lipinski definition) is 1. The summed E-state index contributed by atoms with van der Waals surface area (Å²) in [5.41, 5.74) is 0.419. The van der Waals surface area contributed by atoms with E-state index in [0.29, 0.717) is 43.4 Å². The molecule has 8 nitrogen and oxygen atoms in total. The van der Waals surface area contributed by atoms with E-state index in [0.717, 1.165) is 13.1 Å². The van der Waals surface area contributed by atoms with Crippen molar-refractivity contribution in [2.45, 2.75) is 6.04 Å². The van der Waals surface area contributed by atoms with E-state index in [1.807, 2.05) is 0 Å². The molecule has 1 aromatic carbocycles. The van der Waals surface area contributed by atoms with Crippen LogP contribution in [-0.2, 0) is 14.3 Å². The lowest BCUT2D eigenvalue weighted by atomic mass is 9.99. The van der Waals surface area contributed by atoms with Gasteiger partial charge in [-0.2, -0.15) is 0 Å². The van der Waals surface area contributed by atoms with Crippen LogP contribution in [0, 0.1) is 0 Å². The van der Waals surface area contributed by atoms with Gasteiger partial charge in [-0.15, -0.1) is 0 Å². The maximum atomic E-state index is 12.9. The molecule has 2 aromatic rings. The van der Waals surface area contributed by atoms with E-state index in [-0.39, 0.29) is 11.3 Å². The molecule has 2 aliphatic heterocycles. The molecule has 0 spiro atoms. The van der Waals surface area contributed by atoms with Crippen molar-refractivity contribution < 1.29 is 28.6 Å². The van der Waals surface area contributed by atoms with Crippen LogP contribution in [0.3, 0.4) is 0 Å². The van der Waals surface area contributed by atoms with Crippen molar-refractivity contribution in [3.8, 4) is 5.75 Å². The van der Waals surface area contributed by atoms with E-state index < -0.39 is 17.7 Å². The maximum absolute atomic E-state index is 12.9. The molecule has 3 heterocycles. The SMILES string of the molecule is COc1cccc(/C(O)=C2/C(=O)C(=O)N(CCN3CCOCC3)C2c2ccco2)c1. The van der Waals surface area contributed by atoms with Gasteiger partial charge in [0.2, 0.25) is 0 Å². The smallest absolute Gasteiger partial charge is 0.295 e. The number of carbonyl (C=O) groups excluding carboxylic acids is 2. The third-order valence-corrected chi connectivity index (χ3v) is 5.46. The molecule has 1 atom stereocenters. The minimum atomic E-state index is -0.785. The standard InChI is InChI=1S/C22H24N2O6/c1-28-16-5-2-4-15(14-16)20(25)18-19(17-6-3-11-30-17)24(22(27)21(18)26)8-7-23-9-12-29-13-10-23/h2-6,11,14,19,25H,7-10,12-13H2,1H3/b20-18-. The molecule has 1 unspecified atom stereocenters. The van der Waals surface area contributed by atoms with Crippen molar-refractivity contribution in [2.75, 3.05) is 46.5 Å². The molecule has 8 heteroatoms. The second-order valence-corrected chi connectivity index (χ2v) is 7.19. The highest BCUT2D eigenvalue weighted by Gasteiger charge is 2.47. The van der Waals surface area contributed by atoms with Crippen LogP contribution < -0.4 is 4.74 Å². The van der Waals surface area contributed by atoms with E-state index in [1.54, 1.807) is 36.4 Å². The number of aliphatic hydroxyl groups excluding tert-OH is 1. The molecule has 158 valence electrons. The number of hydrogen-bond acceptors (Lipinski definition) is 7. The zero-order valence-electron chi connectivity index (χ0n) is 16.7. The number of rotatable bonds is 6. The first kappa shape index (κ1) is 20.2. The van der Waals surface area contributed by atoms with E-state index in [1.165, 1.54) is 18.3 Å². The molecular formula is C22H24N2O6. The average Bonchev–Trinajstić information content (AvgIpc) is 3.40. The van der Waals surface area contributed by atoms with Crippen molar-refractivity contribution in [3.05, 3.63) is 59.6 Å². The number of benzene rings is 1. The Kier molecular flexibility index (Phi) is 5.87. The lowest BCUT2D eigenvalue weighted by molar-refractivity contribution is -0.140. The number of amides is 1. The first-order chi connectivity index (χ1) is 14.6. The lowest BCUT2D eigenvalue weighted by Crippen LogP contribution is -2.42. The number of likely N-dealkylation sites (tertiary alicyclic amines) is 1. The number of furan rings is 1. The summed E-state index contributed by atoms with van der Waals surface area (Å²) in [6.07, 6.45) is 1.49. The van der Waals surface area contributed by atoms with Gasteiger partial charge in [0.1, 0.15) is 23.3 Å². The fraction of sp³-hybridized carbons (Fsp3) is 0.364. The minimum absolute atomic E-state index is 0.0187. The average molecular weight is 412 g/mol. The molecule has 30 heavy (non-hydrogen) atoms. The highest BCUT2D eigenvalue weighted by molar-refractivity contribution is 6.46. The quantitative estimate of drug-likeness (QED) is 0.441. The summed E-state index contributed by atoms with van der Waals surface area (Å²) in [5, 5.41) is 11.0. The molecule has 2 aliphatic rings. The van der Waals surface area contributed by atoms with E-state index in [2.05, 4.69) is 4.90 Å². The molecule has 2 fully saturated rings. The van der Waals surface area contributed by atoms with Gasteiger partial charge < -0.3 is 23.9 Å². The van der Waals surface area contributed by atoms with Crippen LogP contribution >= 0.6 is 0 Å². The summed E-state index contributed by atoms with van der Waals surface area (Å²) in [4.78, 5) is 29.5. The van der Waals surface area contributed by atoms with E-state index in [9.17, 15) is 14.7 Å². The Hall–Kier alpha value is -3.10. The zero-order valence-corrected chi connectivity index (χ0v) is 16.7. The van der Waals surface area contributed by atoms with E-state index in [4.69, 9.17) is 13.9 Å². The van der Waals surface area contributed by atoms with Crippen molar-refractivity contribution >= 4 is 17.4 Å². The van der Waals surface area contributed by atoms with Crippen LogP contribution in [0.2, 0.25) is 0 Å². The van der Waals surface area contributed by atoms with Crippen LogP contribution in [0.15, 0.2) is 52.7 Å². The molecule has 1 aromatic heterocycles. The number of morpholine rings is 1. The summed E-state index contributed by atoms with van der Waals surface area (Å²) in [6.45, 7) is 3.79. The number of nitrogens with zero attached hydrogens (tertiary/aromatic N) is 2. The van der Waals surface area contributed by atoms with Crippen LogP contribution in [0.1, 0.15) is 17.4 Å². The van der Waals surface area contributed by atoms with Crippen molar-refractivity contribution in [1.29, 1.82) is 0 Å².